The first kappa shape index (κ1) is 18.7. The summed E-state index contributed by atoms with van der Waals surface area (Å²) in [4.78, 5) is 0. The maximum atomic E-state index is 6.46. The summed E-state index contributed by atoms with van der Waals surface area (Å²) in [7, 11) is 0. The predicted molar refractivity (Wildman–Crippen MR) is 99.0 cm³/mol. The van der Waals surface area contributed by atoms with Crippen LogP contribution in [0.4, 0.5) is 0 Å². The van der Waals surface area contributed by atoms with E-state index in [-0.39, 0.29) is 16.9 Å². The Morgan fingerprint density at radius 1 is 0.833 bits per heavy atom. The fourth-order valence-electron chi connectivity index (χ4n) is 5.85. The first-order valence-electron chi connectivity index (χ1n) is 10.3. The Bertz CT molecular complexity index is 398. The van der Waals surface area contributed by atoms with Gasteiger partial charge in [0, 0.05) is 29.8 Å². The fourth-order valence-corrected chi connectivity index (χ4v) is 5.85. The van der Waals surface area contributed by atoms with Gasteiger partial charge in [-0.15, -0.1) is 0 Å². The number of ether oxygens (including phenoxy) is 2. The first-order chi connectivity index (χ1) is 11.2. The van der Waals surface area contributed by atoms with Gasteiger partial charge in [-0.1, -0.05) is 32.6 Å². The average Bonchev–Trinajstić information content (AvgIpc) is 2.46. The van der Waals surface area contributed by atoms with Crippen molar-refractivity contribution in [1.82, 2.24) is 5.32 Å². The van der Waals surface area contributed by atoms with Gasteiger partial charge in [-0.05, 0) is 52.4 Å². The highest BCUT2D eigenvalue weighted by Crippen LogP contribution is 2.44. The molecule has 0 unspecified atom stereocenters. The smallest absolute Gasteiger partial charge is 0.171 e. The third kappa shape index (κ3) is 4.34. The lowest BCUT2D eigenvalue weighted by atomic mass is 9.74. The van der Waals surface area contributed by atoms with Crippen molar-refractivity contribution >= 4 is 0 Å². The largest absolute Gasteiger partial charge is 0.349 e. The van der Waals surface area contributed by atoms with Gasteiger partial charge >= 0.3 is 0 Å². The second-order valence-electron chi connectivity index (χ2n) is 10.1. The number of piperidine rings is 1. The third-order valence-corrected chi connectivity index (χ3v) is 6.48. The van der Waals surface area contributed by atoms with Crippen LogP contribution in [0, 0.1) is 17.8 Å². The Labute approximate surface area is 149 Å². The average molecular weight is 338 g/mol. The van der Waals surface area contributed by atoms with Crippen LogP contribution in [0.2, 0.25) is 0 Å². The molecule has 0 aromatic carbocycles. The lowest BCUT2D eigenvalue weighted by molar-refractivity contribution is -0.315. The number of hydrogen-bond acceptors (Lipinski definition) is 3. The topological polar surface area (TPSA) is 30.5 Å². The zero-order chi connectivity index (χ0) is 17.4. The maximum Gasteiger partial charge on any atom is 0.171 e. The van der Waals surface area contributed by atoms with E-state index in [1.165, 1.54) is 38.5 Å². The van der Waals surface area contributed by atoms with Gasteiger partial charge in [0.2, 0.25) is 0 Å². The Kier molecular flexibility index (Phi) is 5.36. The Morgan fingerprint density at radius 2 is 1.38 bits per heavy atom. The molecule has 3 fully saturated rings. The van der Waals surface area contributed by atoms with Gasteiger partial charge in [-0.25, -0.2) is 0 Å². The molecule has 0 aromatic heterocycles. The molecular weight excluding hydrogens is 298 g/mol. The SMILES string of the molecule is CCCC1CCC(C2COC3(CC(C)(C)NC(C)(C)C3)OC2)CC1. The van der Waals surface area contributed by atoms with E-state index in [1.54, 1.807) is 0 Å². The summed E-state index contributed by atoms with van der Waals surface area (Å²) in [6, 6.07) is 0. The molecule has 1 aliphatic carbocycles. The van der Waals surface area contributed by atoms with Crippen molar-refractivity contribution in [3.8, 4) is 0 Å². The van der Waals surface area contributed by atoms with Crippen LogP contribution in [0.25, 0.3) is 0 Å². The van der Waals surface area contributed by atoms with E-state index in [4.69, 9.17) is 9.47 Å². The number of rotatable bonds is 3. The molecule has 3 nitrogen and oxygen atoms in total. The molecule has 24 heavy (non-hydrogen) atoms. The van der Waals surface area contributed by atoms with Crippen molar-refractivity contribution in [3.63, 3.8) is 0 Å². The van der Waals surface area contributed by atoms with E-state index in [2.05, 4.69) is 39.9 Å². The summed E-state index contributed by atoms with van der Waals surface area (Å²) >= 11 is 0. The van der Waals surface area contributed by atoms with Crippen molar-refractivity contribution < 1.29 is 9.47 Å². The summed E-state index contributed by atoms with van der Waals surface area (Å²) < 4.78 is 12.9. The van der Waals surface area contributed by atoms with Crippen LogP contribution >= 0.6 is 0 Å². The minimum atomic E-state index is -0.367. The summed E-state index contributed by atoms with van der Waals surface area (Å²) in [5, 5.41) is 3.73. The van der Waals surface area contributed by atoms with E-state index in [0.29, 0.717) is 5.92 Å². The second-order valence-corrected chi connectivity index (χ2v) is 10.1. The van der Waals surface area contributed by atoms with Crippen LogP contribution in [-0.4, -0.2) is 30.1 Å². The highest BCUT2D eigenvalue weighted by Gasteiger charge is 2.51. The maximum absolute atomic E-state index is 6.46. The molecule has 1 saturated carbocycles. The summed E-state index contributed by atoms with van der Waals surface area (Å²) in [6.07, 6.45) is 10.3. The van der Waals surface area contributed by atoms with Gasteiger partial charge < -0.3 is 14.8 Å². The number of nitrogens with one attached hydrogen (secondary N) is 1. The van der Waals surface area contributed by atoms with Crippen molar-refractivity contribution in [2.24, 2.45) is 17.8 Å². The molecule has 0 bridgehead atoms. The molecule has 140 valence electrons. The molecule has 1 spiro atoms. The standard InChI is InChI=1S/C21H39NO2/c1-6-7-16-8-10-17(11-9-16)18-12-23-21(24-13-18)14-19(2,3)22-20(4,5)15-21/h16-18,22H,6-15H2,1-5H3. The van der Waals surface area contributed by atoms with Crippen molar-refractivity contribution in [1.29, 1.82) is 0 Å². The second kappa shape index (κ2) is 6.89. The van der Waals surface area contributed by atoms with Crippen molar-refractivity contribution in [2.45, 2.75) is 103 Å². The molecule has 0 aromatic rings. The van der Waals surface area contributed by atoms with E-state index >= 15 is 0 Å². The van der Waals surface area contributed by atoms with Crippen LogP contribution in [-0.2, 0) is 9.47 Å². The molecule has 0 radical (unpaired) electrons. The fraction of sp³-hybridized carbons (Fsp3) is 1.00. The van der Waals surface area contributed by atoms with Crippen LogP contribution in [0.1, 0.15) is 86.0 Å². The van der Waals surface area contributed by atoms with E-state index in [0.717, 1.165) is 37.9 Å². The Hall–Kier alpha value is -0.120. The highest BCUT2D eigenvalue weighted by atomic mass is 16.7. The zero-order valence-corrected chi connectivity index (χ0v) is 16.6. The van der Waals surface area contributed by atoms with Crippen LogP contribution in [0.3, 0.4) is 0 Å². The van der Waals surface area contributed by atoms with Crippen LogP contribution in [0.5, 0.6) is 0 Å². The summed E-state index contributed by atoms with van der Waals surface area (Å²) in [6.45, 7) is 13.2. The predicted octanol–water partition coefficient (Wildman–Crippen LogP) is 4.89. The van der Waals surface area contributed by atoms with Crippen molar-refractivity contribution in [2.75, 3.05) is 13.2 Å². The van der Waals surface area contributed by atoms with Gasteiger partial charge in [-0.2, -0.15) is 0 Å². The molecule has 2 saturated heterocycles. The van der Waals surface area contributed by atoms with Gasteiger partial charge in [0.15, 0.2) is 5.79 Å². The molecule has 2 aliphatic heterocycles. The molecule has 3 heteroatoms. The Morgan fingerprint density at radius 3 is 1.88 bits per heavy atom. The molecular formula is C21H39NO2. The molecule has 2 heterocycles. The van der Waals surface area contributed by atoms with Gasteiger partial charge in [0.1, 0.15) is 0 Å². The van der Waals surface area contributed by atoms with Gasteiger partial charge in [0.25, 0.3) is 0 Å². The molecule has 3 rings (SSSR count). The molecule has 1 N–H and O–H groups in total. The zero-order valence-electron chi connectivity index (χ0n) is 16.6. The van der Waals surface area contributed by atoms with E-state index < -0.39 is 0 Å². The first-order valence-corrected chi connectivity index (χ1v) is 10.3. The van der Waals surface area contributed by atoms with Crippen molar-refractivity contribution in [3.05, 3.63) is 0 Å². The Balaban J connectivity index is 1.54. The van der Waals surface area contributed by atoms with Crippen LogP contribution in [0.15, 0.2) is 0 Å². The van der Waals surface area contributed by atoms with Gasteiger partial charge in [0.05, 0.1) is 13.2 Å². The lowest BCUT2D eigenvalue weighted by Crippen LogP contribution is -2.66. The minimum absolute atomic E-state index is 0.0623. The monoisotopic (exact) mass is 337 g/mol. The summed E-state index contributed by atoms with van der Waals surface area (Å²) in [5.41, 5.74) is 0.125. The van der Waals surface area contributed by atoms with Gasteiger partial charge in [-0.3, -0.25) is 0 Å². The quantitative estimate of drug-likeness (QED) is 0.795. The summed E-state index contributed by atoms with van der Waals surface area (Å²) in [5.74, 6) is 2.04. The molecule has 0 atom stereocenters. The van der Waals surface area contributed by atoms with E-state index in [9.17, 15) is 0 Å². The molecule has 0 amide bonds. The third-order valence-electron chi connectivity index (χ3n) is 6.48. The van der Waals surface area contributed by atoms with Crippen LogP contribution < -0.4 is 5.32 Å². The number of hydrogen-bond donors (Lipinski definition) is 1. The van der Waals surface area contributed by atoms with E-state index in [1.807, 2.05) is 0 Å². The molecule has 3 aliphatic rings. The highest BCUT2D eigenvalue weighted by molar-refractivity contribution is 5.02. The normalized spacial score (nSPS) is 35.9. The minimum Gasteiger partial charge on any atom is -0.349 e. The lowest BCUT2D eigenvalue weighted by Gasteiger charge is -2.54.